The van der Waals surface area contributed by atoms with Crippen LogP contribution in [0.1, 0.15) is 50.4 Å². The maximum absolute atomic E-state index is 5.69. The molecule has 5 rings (SSSR count). The molecule has 172 valence electrons. The predicted octanol–water partition coefficient (Wildman–Crippen LogP) is 6.23. The summed E-state index contributed by atoms with van der Waals surface area (Å²) in [5.74, 6) is 3.62. The van der Waals surface area contributed by atoms with Crippen LogP contribution in [0.4, 0.5) is 11.4 Å². The lowest BCUT2D eigenvalue weighted by Crippen LogP contribution is -2.18. The number of hydrogen-bond acceptors (Lipinski definition) is 6. The number of nitrogens with zero attached hydrogens (tertiary/aromatic N) is 3. The third-order valence-corrected chi connectivity index (χ3v) is 6.22. The SMILES string of the molecule is COc1cc(Nc2cccc3c2nc(C2CCOCC2)n3C(C)C)ccc1-c1cnc(C)o1. The summed E-state index contributed by atoms with van der Waals surface area (Å²) in [5, 5.41) is 3.56. The average molecular weight is 447 g/mol. The first-order chi connectivity index (χ1) is 16.0. The van der Waals surface area contributed by atoms with Gasteiger partial charge in [-0.1, -0.05) is 6.07 Å². The van der Waals surface area contributed by atoms with E-state index in [1.165, 1.54) is 0 Å². The highest BCUT2D eigenvalue weighted by atomic mass is 16.5. The Labute approximate surface area is 193 Å². The van der Waals surface area contributed by atoms with Crippen LogP contribution in [0.25, 0.3) is 22.4 Å². The van der Waals surface area contributed by atoms with Gasteiger partial charge in [0.1, 0.15) is 17.1 Å². The first-order valence-corrected chi connectivity index (χ1v) is 11.5. The minimum absolute atomic E-state index is 0.327. The molecule has 2 aromatic heterocycles. The van der Waals surface area contributed by atoms with E-state index >= 15 is 0 Å². The number of para-hydroxylation sites is 1. The first kappa shape index (κ1) is 21.5. The van der Waals surface area contributed by atoms with Gasteiger partial charge in [-0.05, 0) is 51.0 Å². The Hall–Kier alpha value is -3.32. The molecule has 2 aromatic carbocycles. The number of anilines is 2. The molecule has 0 spiro atoms. The third-order valence-electron chi connectivity index (χ3n) is 6.22. The van der Waals surface area contributed by atoms with Gasteiger partial charge in [0.05, 0.1) is 30.1 Å². The zero-order chi connectivity index (χ0) is 22.9. The van der Waals surface area contributed by atoms with E-state index in [0.717, 1.165) is 65.6 Å². The van der Waals surface area contributed by atoms with E-state index in [1.807, 2.05) is 25.1 Å². The molecule has 0 atom stereocenters. The number of fused-ring (bicyclic) bond motifs is 1. The number of imidazole rings is 1. The van der Waals surface area contributed by atoms with E-state index in [1.54, 1.807) is 13.3 Å². The second-order valence-corrected chi connectivity index (χ2v) is 8.78. The molecule has 7 nitrogen and oxygen atoms in total. The van der Waals surface area contributed by atoms with Crippen molar-refractivity contribution in [3.63, 3.8) is 0 Å². The van der Waals surface area contributed by atoms with Crippen molar-refractivity contribution in [2.24, 2.45) is 0 Å². The second kappa shape index (κ2) is 8.90. The van der Waals surface area contributed by atoms with Crippen LogP contribution in [0.3, 0.4) is 0 Å². The van der Waals surface area contributed by atoms with Crippen LogP contribution in [0, 0.1) is 6.92 Å². The van der Waals surface area contributed by atoms with Gasteiger partial charge in [0.2, 0.25) is 0 Å². The standard InChI is InChI=1S/C26H30N4O3/c1-16(2)30-22-7-5-6-21(25(22)29-26(30)18-10-12-32-13-11-18)28-19-8-9-20(23(14-19)31-4)24-15-27-17(3)33-24/h5-9,14-16,18,28H,10-13H2,1-4H3. The molecule has 1 saturated heterocycles. The van der Waals surface area contributed by atoms with Crippen molar-refractivity contribution in [3.8, 4) is 17.1 Å². The molecular weight excluding hydrogens is 416 g/mol. The fraction of sp³-hybridized carbons (Fsp3) is 0.385. The van der Waals surface area contributed by atoms with Crippen LogP contribution in [-0.4, -0.2) is 34.9 Å². The quantitative estimate of drug-likeness (QED) is 0.379. The first-order valence-electron chi connectivity index (χ1n) is 11.5. The summed E-state index contributed by atoms with van der Waals surface area (Å²) in [6.07, 6.45) is 3.74. The molecule has 0 saturated carbocycles. The van der Waals surface area contributed by atoms with E-state index in [9.17, 15) is 0 Å². The van der Waals surface area contributed by atoms with E-state index in [0.29, 0.717) is 23.6 Å². The molecule has 7 heteroatoms. The Bertz CT molecular complexity index is 1270. The largest absolute Gasteiger partial charge is 0.496 e. The van der Waals surface area contributed by atoms with Crippen molar-refractivity contribution in [1.29, 1.82) is 0 Å². The molecule has 33 heavy (non-hydrogen) atoms. The summed E-state index contributed by atoms with van der Waals surface area (Å²) in [7, 11) is 1.66. The zero-order valence-corrected chi connectivity index (χ0v) is 19.6. The number of ether oxygens (including phenoxy) is 2. The number of rotatable bonds is 6. The van der Waals surface area contributed by atoms with Crippen molar-refractivity contribution in [3.05, 3.63) is 54.3 Å². The lowest BCUT2D eigenvalue weighted by molar-refractivity contribution is 0.0827. The van der Waals surface area contributed by atoms with Gasteiger partial charge in [0.15, 0.2) is 11.7 Å². The Kier molecular flexibility index (Phi) is 5.81. The van der Waals surface area contributed by atoms with Crippen molar-refractivity contribution >= 4 is 22.4 Å². The minimum atomic E-state index is 0.327. The number of nitrogens with one attached hydrogen (secondary N) is 1. The Balaban J connectivity index is 1.53. The molecular formula is C26H30N4O3. The minimum Gasteiger partial charge on any atom is -0.496 e. The van der Waals surface area contributed by atoms with Crippen LogP contribution < -0.4 is 10.1 Å². The van der Waals surface area contributed by atoms with Gasteiger partial charge in [-0.25, -0.2) is 9.97 Å². The molecule has 0 aliphatic carbocycles. The van der Waals surface area contributed by atoms with Gasteiger partial charge in [-0.3, -0.25) is 0 Å². The number of aromatic nitrogens is 3. The molecule has 0 unspecified atom stereocenters. The number of methoxy groups -OCH3 is 1. The predicted molar refractivity (Wildman–Crippen MR) is 129 cm³/mol. The summed E-state index contributed by atoms with van der Waals surface area (Å²) in [4.78, 5) is 9.35. The van der Waals surface area contributed by atoms with Gasteiger partial charge in [-0.15, -0.1) is 0 Å². The molecule has 1 aliphatic rings. The maximum Gasteiger partial charge on any atom is 0.191 e. The second-order valence-electron chi connectivity index (χ2n) is 8.78. The van der Waals surface area contributed by atoms with Crippen LogP contribution >= 0.6 is 0 Å². The smallest absolute Gasteiger partial charge is 0.191 e. The highest BCUT2D eigenvalue weighted by Gasteiger charge is 2.25. The summed E-state index contributed by atoms with van der Waals surface area (Å²) >= 11 is 0. The molecule has 0 radical (unpaired) electrons. The van der Waals surface area contributed by atoms with E-state index in [-0.39, 0.29) is 0 Å². The third kappa shape index (κ3) is 4.09. The summed E-state index contributed by atoms with van der Waals surface area (Å²) < 4.78 is 19.3. The number of aryl methyl sites for hydroxylation is 1. The number of oxazole rings is 1. The van der Waals surface area contributed by atoms with Crippen LogP contribution in [0.15, 0.2) is 47.0 Å². The van der Waals surface area contributed by atoms with E-state index in [4.69, 9.17) is 18.9 Å². The summed E-state index contributed by atoms with van der Waals surface area (Å²) in [6.45, 7) is 7.87. The van der Waals surface area contributed by atoms with Gasteiger partial charge in [0, 0.05) is 43.9 Å². The topological polar surface area (TPSA) is 74.3 Å². The van der Waals surface area contributed by atoms with Crippen LogP contribution in [0.5, 0.6) is 5.75 Å². The molecule has 1 N–H and O–H groups in total. The molecule has 0 bridgehead atoms. The zero-order valence-electron chi connectivity index (χ0n) is 19.6. The Morgan fingerprint density at radius 2 is 1.97 bits per heavy atom. The van der Waals surface area contributed by atoms with E-state index in [2.05, 4.69) is 46.9 Å². The molecule has 4 aromatic rings. The number of benzene rings is 2. The van der Waals surface area contributed by atoms with Crippen LogP contribution in [0.2, 0.25) is 0 Å². The highest BCUT2D eigenvalue weighted by molar-refractivity contribution is 5.91. The van der Waals surface area contributed by atoms with Crippen molar-refractivity contribution in [2.75, 3.05) is 25.6 Å². The van der Waals surface area contributed by atoms with Gasteiger partial charge in [-0.2, -0.15) is 0 Å². The lowest BCUT2D eigenvalue weighted by Gasteiger charge is -2.24. The normalized spacial score (nSPS) is 14.8. The van der Waals surface area contributed by atoms with Gasteiger partial charge in [0.25, 0.3) is 0 Å². The Morgan fingerprint density at radius 1 is 1.15 bits per heavy atom. The molecule has 1 fully saturated rings. The molecule has 0 amide bonds. The van der Waals surface area contributed by atoms with Crippen molar-refractivity contribution in [1.82, 2.24) is 14.5 Å². The summed E-state index contributed by atoms with van der Waals surface area (Å²) in [6, 6.07) is 12.6. The fourth-order valence-electron chi connectivity index (χ4n) is 4.64. The lowest BCUT2D eigenvalue weighted by atomic mass is 9.99. The Morgan fingerprint density at radius 3 is 2.67 bits per heavy atom. The van der Waals surface area contributed by atoms with Crippen molar-refractivity contribution < 1.29 is 13.9 Å². The van der Waals surface area contributed by atoms with Gasteiger partial charge < -0.3 is 23.8 Å². The molecule has 3 heterocycles. The van der Waals surface area contributed by atoms with Crippen LogP contribution in [-0.2, 0) is 4.74 Å². The average Bonchev–Trinajstić information content (AvgIpc) is 3.44. The molecule has 1 aliphatic heterocycles. The highest BCUT2D eigenvalue weighted by Crippen LogP contribution is 2.37. The van der Waals surface area contributed by atoms with Gasteiger partial charge >= 0.3 is 0 Å². The monoisotopic (exact) mass is 446 g/mol. The number of hydrogen-bond donors (Lipinski definition) is 1. The summed E-state index contributed by atoms with van der Waals surface area (Å²) in [5.41, 5.74) is 4.91. The van der Waals surface area contributed by atoms with Crippen molar-refractivity contribution in [2.45, 2.75) is 45.6 Å². The maximum atomic E-state index is 5.69. The fourth-order valence-corrected chi connectivity index (χ4v) is 4.64. The van der Waals surface area contributed by atoms with E-state index < -0.39 is 0 Å².